The number of hydrogen-bond donors (Lipinski definition) is 2. The number of amides is 2. The molecule has 0 radical (unpaired) electrons. The Hall–Kier alpha value is -3.43. The topological polar surface area (TPSA) is 121 Å². The molecule has 42 heavy (non-hydrogen) atoms. The van der Waals surface area contributed by atoms with Gasteiger partial charge in [0.25, 0.3) is 0 Å². The molecule has 2 N–H and O–H groups in total. The summed E-state index contributed by atoms with van der Waals surface area (Å²) >= 11 is 0. The normalized spacial score (nSPS) is 19.1. The van der Waals surface area contributed by atoms with E-state index in [0.29, 0.717) is 30.1 Å². The minimum absolute atomic E-state index is 0.106. The smallest absolute Gasteiger partial charge is 0.407 e. The second-order valence-electron chi connectivity index (χ2n) is 12.2. The first kappa shape index (κ1) is 33.1. The van der Waals surface area contributed by atoms with Crippen molar-refractivity contribution < 1.29 is 31.9 Å². The molecule has 0 spiro atoms. The molecule has 0 aliphatic heterocycles. The van der Waals surface area contributed by atoms with E-state index in [4.69, 9.17) is 10.00 Å². The second-order valence-corrected chi connectivity index (χ2v) is 12.2. The summed E-state index contributed by atoms with van der Waals surface area (Å²) in [6.45, 7) is 5.77. The number of nitrogens with zero attached hydrogens (tertiary/aromatic N) is 4. The van der Waals surface area contributed by atoms with Crippen molar-refractivity contribution in [3.8, 4) is 6.07 Å². The number of nitriles is 1. The van der Waals surface area contributed by atoms with Gasteiger partial charge in [-0.2, -0.15) is 10.4 Å². The van der Waals surface area contributed by atoms with Gasteiger partial charge in [-0.1, -0.05) is 6.42 Å². The Morgan fingerprint density at radius 3 is 2.24 bits per heavy atom. The summed E-state index contributed by atoms with van der Waals surface area (Å²) in [6, 6.07) is 3.90. The summed E-state index contributed by atoms with van der Waals surface area (Å²) in [6.07, 6.45) is 7.38. The largest absolute Gasteiger partial charge is 0.444 e. The van der Waals surface area contributed by atoms with E-state index in [1.165, 1.54) is 0 Å². The third kappa shape index (κ3) is 12.2. The van der Waals surface area contributed by atoms with Gasteiger partial charge in [-0.15, -0.1) is 0 Å². The predicted molar refractivity (Wildman–Crippen MR) is 147 cm³/mol. The fourth-order valence-corrected chi connectivity index (χ4v) is 4.37. The minimum Gasteiger partial charge on any atom is -0.444 e. The van der Waals surface area contributed by atoms with Crippen LogP contribution >= 0.6 is 0 Å². The number of ether oxygens (including phenoxy) is 1. The zero-order valence-corrected chi connectivity index (χ0v) is 24.4. The number of halogens is 4. The molecule has 2 heterocycles. The van der Waals surface area contributed by atoms with E-state index in [1.807, 2.05) is 0 Å². The van der Waals surface area contributed by atoms with Crippen LogP contribution in [0.25, 0.3) is 5.65 Å². The van der Waals surface area contributed by atoms with Gasteiger partial charge in [-0.3, -0.25) is 4.79 Å². The van der Waals surface area contributed by atoms with E-state index in [9.17, 15) is 27.2 Å². The number of aromatic nitrogens is 3. The van der Waals surface area contributed by atoms with Crippen LogP contribution in [0.15, 0.2) is 18.5 Å². The minimum atomic E-state index is -2.61. The fraction of sp³-hybridized carbons (Fsp3) is 0.690. The Labute approximate surface area is 243 Å². The van der Waals surface area contributed by atoms with E-state index >= 15 is 0 Å². The van der Waals surface area contributed by atoms with Gasteiger partial charge in [0.15, 0.2) is 5.65 Å². The number of fused-ring (bicyclic) bond motifs is 1. The third-order valence-corrected chi connectivity index (χ3v) is 6.72. The molecule has 0 aromatic carbocycles. The van der Waals surface area contributed by atoms with Gasteiger partial charge in [0.05, 0.1) is 30.7 Å². The molecule has 2 aromatic rings. The average Bonchev–Trinajstić information content (AvgIpc) is 3.63. The van der Waals surface area contributed by atoms with Crippen LogP contribution in [-0.4, -0.2) is 44.0 Å². The third-order valence-electron chi connectivity index (χ3n) is 6.72. The van der Waals surface area contributed by atoms with Crippen molar-refractivity contribution in [1.82, 2.24) is 25.2 Å². The van der Waals surface area contributed by atoms with Gasteiger partial charge in [-0.05, 0) is 64.0 Å². The average molecular weight is 597 g/mol. The van der Waals surface area contributed by atoms with Gasteiger partial charge in [0.1, 0.15) is 5.60 Å². The van der Waals surface area contributed by atoms with Gasteiger partial charge >= 0.3 is 6.09 Å². The first-order valence-electron chi connectivity index (χ1n) is 14.3. The Morgan fingerprint density at radius 1 is 1.07 bits per heavy atom. The Morgan fingerprint density at radius 2 is 1.74 bits per heavy atom. The molecule has 3 aliphatic carbocycles. The van der Waals surface area contributed by atoms with E-state index in [2.05, 4.69) is 26.8 Å². The number of alkyl halides is 4. The maximum absolute atomic E-state index is 12.8. The number of alkyl carbamates (subject to hydrolysis) is 1. The van der Waals surface area contributed by atoms with Gasteiger partial charge in [-0.25, -0.2) is 31.9 Å². The van der Waals surface area contributed by atoms with Crippen molar-refractivity contribution in [2.45, 2.75) is 116 Å². The van der Waals surface area contributed by atoms with E-state index in [1.54, 1.807) is 43.7 Å². The first-order valence-corrected chi connectivity index (χ1v) is 14.3. The molecule has 13 heteroatoms. The Balaban J connectivity index is 0.000000303. The SMILES string of the molecule is CC(C)(C)OC(=O)NCc1cn2ncc(CNC(=O)CC3CC(F)(F)C3)cc2n1.FC1(F)CCCCC1.N#CC1CC1. The standard InChI is InChI=1S/C19H25F2N5O3.C6H10F2.C4H5N/c1-18(2,3)29-17(28)23-10-14-11-26-15(25-14)4-13(9-24-26)8-22-16(27)5-12-6-19(20,21)7-12;7-6(8)4-2-1-3-5-6;5-3-4-1-2-4/h4,9,11-12H,5-8,10H2,1-3H3,(H,22,27)(H,23,28);1-5H2;4H,1-2H2. The van der Waals surface area contributed by atoms with Crippen molar-refractivity contribution >= 4 is 17.6 Å². The lowest BCUT2D eigenvalue weighted by Gasteiger charge is -2.34. The maximum Gasteiger partial charge on any atom is 0.407 e. The van der Waals surface area contributed by atoms with Crippen LogP contribution in [0.5, 0.6) is 0 Å². The highest BCUT2D eigenvalue weighted by molar-refractivity contribution is 5.76. The van der Waals surface area contributed by atoms with Crippen LogP contribution in [0.3, 0.4) is 0 Å². The Kier molecular flexibility index (Phi) is 11.2. The highest BCUT2D eigenvalue weighted by Gasteiger charge is 2.45. The molecule has 9 nitrogen and oxygen atoms in total. The van der Waals surface area contributed by atoms with Crippen LogP contribution in [0.2, 0.25) is 0 Å². The molecule has 3 fully saturated rings. The van der Waals surface area contributed by atoms with Gasteiger partial charge in [0.2, 0.25) is 17.8 Å². The van der Waals surface area contributed by atoms with Crippen molar-refractivity contribution in [3.05, 3.63) is 29.7 Å². The molecule has 3 saturated carbocycles. The van der Waals surface area contributed by atoms with Crippen LogP contribution in [0.1, 0.15) is 96.2 Å². The molecular weight excluding hydrogens is 556 g/mol. The fourth-order valence-electron chi connectivity index (χ4n) is 4.37. The number of carbonyl (C=O) groups excluding carboxylic acids is 2. The van der Waals surface area contributed by atoms with Crippen LogP contribution in [-0.2, 0) is 22.6 Å². The Bertz CT molecular complexity index is 1230. The van der Waals surface area contributed by atoms with Crippen LogP contribution < -0.4 is 10.6 Å². The van der Waals surface area contributed by atoms with Gasteiger partial charge < -0.3 is 15.4 Å². The lowest BCUT2D eigenvalue weighted by molar-refractivity contribution is -0.133. The molecule has 232 valence electrons. The second kappa shape index (κ2) is 14.2. The zero-order chi connectivity index (χ0) is 31.0. The molecular formula is C29H40F4N6O3. The van der Waals surface area contributed by atoms with Crippen LogP contribution in [0.4, 0.5) is 22.4 Å². The van der Waals surface area contributed by atoms with Gasteiger partial charge in [0, 0.05) is 44.6 Å². The van der Waals surface area contributed by atoms with Crippen molar-refractivity contribution in [2.24, 2.45) is 11.8 Å². The number of imidazole rings is 1. The van der Waals surface area contributed by atoms with Crippen molar-refractivity contribution in [1.29, 1.82) is 5.26 Å². The summed E-state index contributed by atoms with van der Waals surface area (Å²) in [5.41, 5.74) is 1.33. The van der Waals surface area contributed by atoms with E-state index < -0.39 is 23.5 Å². The molecule has 2 aromatic heterocycles. The molecule has 0 saturated heterocycles. The molecule has 0 bridgehead atoms. The number of hydrogen-bond acceptors (Lipinski definition) is 6. The quantitative estimate of drug-likeness (QED) is 0.377. The first-order chi connectivity index (χ1) is 19.6. The molecule has 2 amide bonds. The number of rotatable bonds is 6. The molecule has 3 aliphatic rings. The van der Waals surface area contributed by atoms with E-state index in [0.717, 1.165) is 24.8 Å². The number of carbonyl (C=O) groups is 2. The van der Waals surface area contributed by atoms with E-state index in [-0.39, 0.29) is 57.0 Å². The zero-order valence-electron chi connectivity index (χ0n) is 24.4. The molecule has 0 unspecified atom stereocenters. The summed E-state index contributed by atoms with van der Waals surface area (Å²) < 4.78 is 56.8. The summed E-state index contributed by atoms with van der Waals surface area (Å²) in [4.78, 5) is 28.0. The maximum atomic E-state index is 12.8. The highest BCUT2D eigenvalue weighted by Crippen LogP contribution is 2.43. The summed E-state index contributed by atoms with van der Waals surface area (Å²) in [7, 11) is 0. The summed E-state index contributed by atoms with van der Waals surface area (Å²) in [5.74, 6) is -5.00. The summed E-state index contributed by atoms with van der Waals surface area (Å²) in [5, 5.41) is 17.5. The molecule has 5 rings (SSSR count). The molecule has 0 atom stereocenters. The highest BCUT2D eigenvalue weighted by atomic mass is 19.3. The van der Waals surface area contributed by atoms with Crippen molar-refractivity contribution in [2.75, 3.05) is 0 Å². The number of nitrogens with one attached hydrogen (secondary N) is 2. The van der Waals surface area contributed by atoms with Crippen molar-refractivity contribution in [3.63, 3.8) is 0 Å². The van der Waals surface area contributed by atoms with Crippen LogP contribution in [0, 0.1) is 23.2 Å². The monoisotopic (exact) mass is 596 g/mol. The lowest BCUT2D eigenvalue weighted by atomic mass is 9.79. The predicted octanol–water partition coefficient (Wildman–Crippen LogP) is 6.31. The lowest BCUT2D eigenvalue weighted by Crippen LogP contribution is -2.38.